The summed E-state index contributed by atoms with van der Waals surface area (Å²) in [5.41, 5.74) is 2.62. The van der Waals surface area contributed by atoms with Gasteiger partial charge in [0.15, 0.2) is 0 Å². The van der Waals surface area contributed by atoms with Crippen molar-refractivity contribution >= 4 is 27.5 Å². The molecule has 2 aromatic rings. The number of likely N-dealkylation sites (tertiary alicyclic amines) is 1. The maximum Gasteiger partial charge on any atom is 0.255 e. The number of aryl methyl sites for hydroxylation is 2. The van der Waals surface area contributed by atoms with Gasteiger partial charge in [0.25, 0.3) is 5.91 Å². The molecule has 3 rings (SSSR count). The molecule has 1 amide bonds. The smallest absolute Gasteiger partial charge is 0.255 e. The SMILES string of the molecule is CCN(CC)S(=O)(=O)c1ccc(Cl)c(C(=O)N2CCC(Oc3ccc(C)c(C)c3)CC2)c1. The zero-order valence-corrected chi connectivity index (χ0v) is 20.7. The number of sulfonamides is 1. The zero-order chi connectivity index (χ0) is 23.5. The molecular formula is C24H31ClN2O4S. The summed E-state index contributed by atoms with van der Waals surface area (Å²) in [6.07, 6.45) is 1.44. The van der Waals surface area contributed by atoms with Crippen molar-refractivity contribution < 1.29 is 17.9 Å². The monoisotopic (exact) mass is 478 g/mol. The summed E-state index contributed by atoms with van der Waals surface area (Å²) in [5, 5.41) is 0.252. The standard InChI is InChI=1S/C24H31ClN2O4S/c1-5-27(6-2)32(29,30)21-9-10-23(25)22(16-21)24(28)26-13-11-19(12-14-26)31-20-8-7-17(3)18(4)15-20/h7-10,15-16,19H,5-6,11-14H2,1-4H3. The van der Waals surface area contributed by atoms with Crippen LogP contribution in [-0.2, 0) is 10.0 Å². The molecule has 1 aliphatic rings. The van der Waals surface area contributed by atoms with Crippen LogP contribution in [0.15, 0.2) is 41.3 Å². The number of carbonyl (C=O) groups is 1. The van der Waals surface area contributed by atoms with Crippen LogP contribution in [0.3, 0.4) is 0 Å². The third-order valence-electron chi connectivity index (χ3n) is 6.02. The summed E-state index contributed by atoms with van der Waals surface area (Å²) in [6.45, 7) is 9.46. The molecule has 1 saturated heterocycles. The number of benzene rings is 2. The summed E-state index contributed by atoms with van der Waals surface area (Å²) in [5.74, 6) is 0.589. The number of nitrogens with zero attached hydrogens (tertiary/aromatic N) is 2. The fraction of sp³-hybridized carbons (Fsp3) is 0.458. The van der Waals surface area contributed by atoms with Crippen LogP contribution in [0.4, 0.5) is 0 Å². The van der Waals surface area contributed by atoms with E-state index < -0.39 is 10.0 Å². The molecule has 0 unspecified atom stereocenters. The Kier molecular flexibility index (Phi) is 7.85. The lowest BCUT2D eigenvalue weighted by Crippen LogP contribution is -2.42. The van der Waals surface area contributed by atoms with Gasteiger partial charge in [0.05, 0.1) is 15.5 Å². The molecule has 0 aliphatic carbocycles. The zero-order valence-electron chi connectivity index (χ0n) is 19.1. The molecule has 6 nitrogen and oxygen atoms in total. The van der Waals surface area contributed by atoms with Crippen molar-refractivity contribution in [2.45, 2.75) is 51.5 Å². The second-order valence-electron chi connectivity index (χ2n) is 8.09. The van der Waals surface area contributed by atoms with Gasteiger partial charge in [0.2, 0.25) is 10.0 Å². The third-order valence-corrected chi connectivity index (χ3v) is 8.40. The molecule has 1 aliphatic heterocycles. The number of halogens is 1. The average Bonchev–Trinajstić information content (AvgIpc) is 2.77. The van der Waals surface area contributed by atoms with Crippen molar-refractivity contribution in [2.75, 3.05) is 26.2 Å². The first-order valence-corrected chi connectivity index (χ1v) is 12.8. The van der Waals surface area contributed by atoms with Crippen LogP contribution in [-0.4, -0.2) is 55.8 Å². The molecule has 8 heteroatoms. The van der Waals surface area contributed by atoms with Crippen molar-refractivity contribution in [1.29, 1.82) is 0 Å². The number of piperidine rings is 1. The Labute approximate surface area is 196 Å². The molecule has 0 atom stereocenters. The van der Waals surface area contributed by atoms with Gasteiger partial charge in [-0.2, -0.15) is 4.31 Å². The number of amides is 1. The van der Waals surface area contributed by atoms with Crippen molar-refractivity contribution in [2.24, 2.45) is 0 Å². The molecule has 0 saturated carbocycles. The number of ether oxygens (including phenoxy) is 1. The Morgan fingerprint density at radius 3 is 2.31 bits per heavy atom. The Morgan fingerprint density at radius 1 is 1.06 bits per heavy atom. The van der Waals surface area contributed by atoms with E-state index in [1.54, 1.807) is 18.7 Å². The predicted octanol–water partition coefficient (Wildman–Crippen LogP) is 4.67. The van der Waals surface area contributed by atoms with E-state index in [1.165, 1.54) is 33.6 Å². The Morgan fingerprint density at radius 2 is 1.72 bits per heavy atom. The largest absolute Gasteiger partial charge is 0.490 e. The number of carbonyl (C=O) groups excluding carboxylic acids is 1. The lowest BCUT2D eigenvalue weighted by molar-refractivity contribution is 0.0595. The van der Waals surface area contributed by atoms with Crippen LogP contribution in [0.25, 0.3) is 0 Å². The minimum absolute atomic E-state index is 0.0333. The Balaban J connectivity index is 1.70. The fourth-order valence-corrected chi connectivity index (χ4v) is 5.55. The summed E-state index contributed by atoms with van der Waals surface area (Å²) in [6, 6.07) is 10.4. The van der Waals surface area contributed by atoms with E-state index in [0.717, 1.165) is 5.75 Å². The number of hydrogen-bond acceptors (Lipinski definition) is 4. The van der Waals surface area contributed by atoms with Crippen LogP contribution in [0.2, 0.25) is 5.02 Å². The minimum atomic E-state index is -3.67. The van der Waals surface area contributed by atoms with Crippen molar-refractivity contribution in [3.05, 3.63) is 58.1 Å². The molecular weight excluding hydrogens is 448 g/mol. The molecule has 2 aromatic carbocycles. The van der Waals surface area contributed by atoms with E-state index in [1.807, 2.05) is 18.2 Å². The van der Waals surface area contributed by atoms with E-state index in [0.29, 0.717) is 39.0 Å². The highest BCUT2D eigenvalue weighted by molar-refractivity contribution is 7.89. The second kappa shape index (κ2) is 10.2. The van der Waals surface area contributed by atoms with Crippen LogP contribution in [0, 0.1) is 13.8 Å². The highest BCUT2D eigenvalue weighted by atomic mass is 35.5. The van der Waals surface area contributed by atoms with Crippen molar-refractivity contribution in [3.8, 4) is 5.75 Å². The van der Waals surface area contributed by atoms with E-state index in [4.69, 9.17) is 16.3 Å². The quantitative estimate of drug-likeness (QED) is 0.580. The van der Waals surface area contributed by atoms with E-state index in [9.17, 15) is 13.2 Å². The molecule has 0 bridgehead atoms. The number of rotatable bonds is 7. The minimum Gasteiger partial charge on any atom is -0.490 e. The Hall–Kier alpha value is -2.09. The summed E-state index contributed by atoms with van der Waals surface area (Å²) in [7, 11) is -3.67. The van der Waals surface area contributed by atoms with Crippen LogP contribution < -0.4 is 4.74 Å². The lowest BCUT2D eigenvalue weighted by Gasteiger charge is -2.32. The van der Waals surface area contributed by atoms with Gasteiger partial charge in [0.1, 0.15) is 11.9 Å². The third kappa shape index (κ3) is 5.27. The summed E-state index contributed by atoms with van der Waals surface area (Å²) < 4.78 is 33.2. The fourth-order valence-electron chi connectivity index (χ4n) is 3.87. The summed E-state index contributed by atoms with van der Waals surface area (Å²) in [4.78, 5) is 15.0. The van der Waals surface area contributed by atoms with Gasteiger partial charge in [0, 0.05) is 39.0 Å². The first-order valence-electron chi connectivity index (χ1n) is 11.0. The van der Waals surface area contributed by atoms with E-state index >= 15 is 0 Å². The van der Waals surface area contributed by atoms with E-state index in [-0.39, 0.29) is 27.5 Å². The first kappa shape index (κ1) is 24.6. The molecule has 32 heavy (non-hydrogen) atoms. The molecule has 0 aromatic heterocycles. The Bertz CT molecular complexity index is 1080. The first-order chi connectivity index (χ1) is 15.2. The molecule has 174 valence electrons. The second-order valence-corrected chi connectivity index (χ2v) is 10.4. The predicted molar refractivity (Wildman–Crippen MR) is 127 cm³/mol. The van der Waals surface area contributed by atoms with Crippen LogP contribution >= 0.6 is 11.6 Å². The highest BCUT2D eigenvalue weighted by Gasteiger charge is 2.28. The van der Waals surface area contributed by atoms with Gasteiger partial charge >= 0.3 is 0 Å². The van der Waals surface area contributed by atoms with Gasteiger partial charge in [-0.1, -0.05) is 31.5 Å². The molecule has 1 heterocycles. The van der Waals surface area contributed by atoms with Gasteiger partial charge in [-0.05, 0) is 55.3 Å². The van der Waals surface area contributed by atoms with Crippen LogP contribution in [0.1, 0.15) is 48.2 Å². The van der Waals surface area contributed by atoms with Crippen molar-refractivity contribution in [1.82, 2.24) is 9.21 Å². The topological polar surface area (TPSA) is 66.9 Å². The maximum atomic E-state index is 13.1. The average molecular weight is 479 g/mol. The van der Waals surface area contributed by atoms with Gasteiger partial charge in [-0.25, -0.2) is 8.42 Å². The van der Waals surface area contributed by atoms with Gasteiger partial charge < -0.3 is 9.64 Å². The molecule has 0 N–H and O–H groups in total. The highest BCUT2D eigenvalue weighted by Crippen LogP contribution is 2.27. The van der Waals surface area contributed by atoms with Crippen LogP contribution in [0.5, 0.6) is 5.75 Å². The molecule has 0 radical (unpaired) electrons. The normalized spacial score (nSPS) is 15.2. The number of hydrogen-bond donors (Lipinski definition) is 0. The van der Waals surface area contributed by atoms with Crippen molar-refractivity contribution in [3.63, 3.8) is 0 Å². The molecule has 0 spiro atoms. The van der Waals surface area contributed by atoms with Gasteiger partial charge in [-0.3, -0.25) is 4.79 Å². The van der Waals surface area contributed by atoms with Gasteiger partial charge in [-0.15, -0.1) is 0 Å². The molecule has 1 fully saturated rings. The maximum absolute atomic E-state index is 13.1. The lowest BCUT2D eigenvalue weighted by atomic mass is 10.1. The summed E-state index contributed by atoms with van der Waals surface area (Å²) >= 11 is 6.29. The van der Waals surface area contributed by atoms with E-state index in [2.05, 4.69) is 13.8 Å².